The zero-order valence-electron chi connectivity index (χ0n) is 18.9. The van der Waals surface area contributed by atoms with Gasteiger partial charge in [-0.3, -0.25) is 9.69 Å². The lowest BCUT2D eigenvalue weighted by Gasteiger charge is -2.28. The summed E-state index contributed by atoms with van der Waals surface area (Å²) in [5.74, 6) is 0.929. The monoisotopic (exact) mass is 448 g/mol. The number of aromatic nitrogens is 3. The van der Waals surface area contributed by atoms with Crippen molar-refractivity contribution in [2.75, 3.05) is 31.6 Å². The number of amides is 1. The van der Waals surface area contributed by atoms with Gasteiger partial charge in [-0.1, -0.05) is 18.2 Å². The van der Waals surface area contributed by atoms with E-state index in [0.29, 0.717) is 5.56 Å². The number of carbonyl (C=O) groups is 1. The minimum absolute atomic E-state index is 0.265. The number of nitrogens with zero attached hydrogens (tertiary/aromatic N) is 5. The van der Waals surface area contributed by atoms with Crippen molar-refractivity contribution in [3.05, 3.63) is 76.6 Å². The number of carbonyl (C=O) groups excluding carboxylic acids is 1. The maximum Gasteiger partial charge on any atom is 0.251 e. The molecule has 1 aromatic heterocycles. The molecule has 5 rings (SSSR count). The normalized spacial score (nSPS) is 16.1. The number of aryl methyl sites for hydroxylation is 1. The van der Waals surface area contributed by atoms with Crippen LogP contribution in [0.5, 0.6) is 0 Å². The molecule has 7 nitrogen and oxygen atoms in total. The van der Waals surface area contributed by atoms with Gasteiger partial charge in [0.2, 0.25) is 0 Å². The van der Waals surface area contributed by atoms with E-state index in [1.165, 1.54) is 41.4 Å². The van der Waals surface area contributed by atoms with Gasteiger partial charge in [-0.25, -0.2) is 4.39 Å². The topological polar surface area (TPSA) is 66.3 Å². The summed E-state index contributed by atoms with van der Waals surface area (Å²) in [6.45, 7) is 4.91. The van der Waals surface area contributed by atoms with Crippen molar-refractivity contribution >= 4 is 11.6 Å². The van der Waals surface area contributed by atoms with Gasteiger partial charge in [0.1, 0.15) is 11.6 Å². The smallest absolute Gasteiger partial charge is 0.251 e. The Hall–Kier alpha value is -3.26. The zero-order chi connectivity index (χ0) is 22.8. The number of fused-ring (bicyclic) bond motifs is 2. The highest BCUT2D eigenvalue weighted by molar-refractivity contribution is 5.94. The Labute approximate surface area is 193 Å². The molecule has 3 heterocycles. The molecule has 0 spiro atoms. The maximum atomic E-state index is 13.4. The van der Waals surface area contributed by atoms with Crippen LogP contribution in [0.3, 0.4) is 0 Å². The number of hydrogen-bond donors (Lipinski definition) is 1. The molecule has 2 aromatic carbocycles. The Bertz CT molecular complexity index is 1160. The number of hydrogen-bond acceptors (Lipinski definition) is 5. The molecule has 0 aliphatic carbocycles. The fourth-order valence-corrected chi connectivity index (χ4v) is 4.80. The Morgan fingerprint density at radius 1 is 1.06 bits per heavy atom. The van der Waals surface area contributed by atoms with E-state index in [-0.39, 0.29) is 12.5 Å². The van der Waals surface area contributed by atoms with E-state index in [4.69, 9.17) is 0 Å². The maximum absolute atomic E-state index is 13.4. The van der Waals surface area contributed by atoms with Crippen LogP contribution in [0.4, 0.5) is 10.1 Å². The average molecular weight is 449 g/mol. The molecule has 2 aliphatic heterocycles. The standard InChI is InChI=1S/C25H29FN6O/c1-30-10-3-5-19-14-18(7-8-22(19)30)17-31-11-9-23-28-29-24(32(23)13-12-31)16-27-25(33)20-4-2-6-21(26)15-20/h2,4,6-8,14-15H,3,5,9-13,16-17H2,1H3,(H,27,33). The van der Waals surface area contributed by atoms with Gasteiger partial charge < -0.3 is 14.8 Å². The minimum Gasteiger partial charge on any atom is -0.374 e. The van der Waals surface area contributed by atoms with Crippen molar-refractivity contribution in [1.82, 2.24) is 25.0 Å². The van der Waals surface area contributed by atoms with Crippen LogP contribution in [0.2, 0.25) is 0 Å². The molecule has 0 saturated carbocycles. The summed E-state index contributed by atoms with van der Waals surface area (Å²) < 4.78 is 15.5. The van der Waals surface area contributed by atoms with Crippen molar-refractivity contribution in [1.29, 1.82) is 0 Å². The summed E-state index contributed by atoms with van der Waals surface area (Å²) in [5, 5.41) is 11.5. The summed E-state index contributed by atoms with van der Waals surface area (Å²) in [5.41, 5.74) is 4.46. The molecule has 0 fully saturated rings. The van der Waals surface area contributed by atoms with Gasteiger partial charge in [0, 0.05) is 57.4 Å². The first-order valence-corrected chi connectivity index (χ1v) is 11.6. The fourth-order valence-electron chi connectivity index (χ4n) is 4.80. The number of anilines is 1. The second-order valence-electron chi connectivity index (χ2n) is 8.89. The van der Waals surface area contributed by atoms with E-state index in [1.807, 2.05) is 0 Å². The lowest BCUT2D eigenvalue weighted by Crippen LogP contribution is -2.28. The van der Waals surface area contributed by atoms with Crippen LogP contribution >= 0.6 is 0 Å². The molecule has 0 bridgehead atoms. The molecule has 0 atom stereocenters. The molecular weight excluding hydrogens is 419 g/mol. The third-order valence-electron chi connectivity index (χ3n) is 6.59. The second kappa shape index (κ2) is 9.31. The fraction of sp³-hybridized carbons (Fsp3) is 0.400. The minimum atomic E-state index is -0.426. The molecule has 172 valence electrons. The van der Waals surface area contributed by atoms with E-state index in [1.54, 1.807) is 6.07 Å². The summed E-state index contributed by atoms with van der Waals surface area (Å²) in [6, 6.07) is 12.6. The molecule has 0 saturated heterocycles. The van der Waals surface area contributed by atoms with E-state index < -0.39 is 5.82 Å². The molecule has 1 N–H and O–H groups in total. The Kier molecular flexibility index (Phi) is 6.09. The van der Waals surface area contributed by atoms with E-state index >= 15 is 0 Å². The number of halogens is 1. The lowest BCUT2D eigenvalue weighted by atomic mass is 9.99. The highest BCUT2D eigenvalue weighted by Crippen LogP contribution is 2.27. The Morgan fingerprint density at radius 3 is 2.85 bits per heavy atom. The first kappa shape index (κ1) is 21.6. The number of benzene rings is 2. The van der Waals surface area contributed by atoms with Crippen LogP contribution in [-0.4, -0.2) is 52.3 Å². The van der Waals surface area contributed by atoms with Gasteiger partial charge in [-0.15, -0.1) is 10.2 Å². The summed E-state index contributed by atoms with van der Waals surface area (Å²) in [6.07, 6.45) is 3.18. The molecule has 1 amide bonds. The highest BCUT2D eigenvalue weighted by Gasteiger charge is 2.20. The quantitative estimate of drug-likeness (QED) is 0.650. The van der Waals surface area contributed by atoms with Crippen molar-refractivity contribution in [3.63, 3.8) is 0 Å². The molecular formula is C25H29FN6O. The average Bonchev–Trinajstić information content (AvgIpc) is 3.10. The van der Waals surface area contributed by atoms with Crippen LogP contribution in [-0.2, 0) is 32.5 Å². The molecule has 8 heteroatoms. The zero-order valence-corrected chi connectivity index (χ0v) is 18.9. The van der Waals surface area contributed by atoms with E-state index in [9.17, 15) is 9.18 Å². The van der Waals surface area contributed by atoms with Gasteiger partial charge in [0.05, 0.1) is 6.54 Å². The Morgan fingerprint density at radius 2 is 1.97 bits per heavy atom. The Balaban J connectivity index is 1.20. The van der Waals surface area contributed by atoms with Gasteiger partial charge >= 0.3 is 0 Å². The van der Waals surface area contributed by atoms with Crippen LogP contribution in [0.1, 0.15) is 39.6 Å². The van der Waals surface area contributed by atoms with Gasteiger partial charge in [-0.2, -0.15) is 0 Å². The van der Waals surface area contributed by atoms with Crippen LogP contribution in [0.25, 0.3) is 0 Å². The molecule has 0 unspecified atom stereocenters. The predicted molar refractivity (Wildman–Crippen MR) is 125 cm³/mol. The van der Waals surface area contributed by atoms with Crippen LogP contribution in [0.15, 0.2) is 42.5 Å². The van der Waals surface area contributed by atoms with Crippen molar-refractivity contribution in [2.24, 2.45) is 0 Å². The van der Waals surface area contributed by atoms with Gasteiger partial charge in [0.25, 0.3) is 5.91 Å². The molecule has 3 aromatic rings. The third kappa shape index (κ3) is 4.75. The molecule has 2 aliphatic rings. The van der Waals surface area contributed by atoms with Crippen molar-refractivity contribution < 1.29 is 9.18 Å². The van der Waals surface area contributed by atoms with Crippen molar-refractivity contribution in [3.8, 4) is 0 Å². The first-order valence-electron chi connectivity index (χ1n) is 11.6. The summed E-state index contributed by atoms with van der Waals surface area (Å²) in [4.78, 5) is 17.2. The largest absolute Gasteiger partial charge is 0.374 e. The number of rotatable bonds is 5. The highest BCUT2D eigenvalue weighted by atomic mass is 19.1. The third-order valence-corrected chi connectivity index (χ3v) is 6.59. The van der Waals surface area contributed by atoms with Crippen LogP contribution in [0, 0.1) is 5.82 Å². The number of nitrogens with one attached hydrogen (secondary N) is 1. The van der Waals surface area contributed by atoms with E-state index in [2.05, 4.69) is 55.1 Å². The SMILES string of the molecule is CN1CCCc2cc(CN3CCc4nnc(CNC(=O)c5cccc(F)c5)n4CC3)ccc21. The predicted octanol–water partition coefficient (Wildman–Crippen LogP) is 2.79. The summed E-state index contributed by atoms with van der Waals surface area (Å²) >= 11 is 0. The first-order chi connectivity index (χ1) is 16.1. The van der Waals surface area contributed by atoms with Crippen LogP contribution < -0.4 is 10.2 Å². The van der Waals surface area contributed by atoms with Gasteiger partial charge in [-0.05, 0) is 48.2 Å². The molecule has 33 heavy (non-hydrogen) atoms. The van der Waals surface area contributed by atoms with E-state index in [0.717, 1.165) is 57.2 Å². The van der Waals surface area contributed by atoms with Crippen molar-refractivity contribution in [2.45, 2.75) is 38.9 Å². The van der Waals surface area contributed by atoms with Gasteiger partial charge in [0.15, 0.2) is 5.82 Å². The summed E-state index contributed by atoms with van der Waals surface area (Å²) in [7, 11) is 2.17. The molecule has 0 radical (unpaired) electrons. The lowest BCUT2D eigenvalue weighted by molar-refractivity contribution is 0.0949. The second-order valence-corrected chi connectivity index (χ2v) is 8.89.